The summed E-state index contributed by atoms with van der Waals surface area (Å²) in [5.41, 5.74) is 0. The molecule has 0 aromatic heterocycles. The fraction of sp³-hybridized carbons (Fsp3) is 1.00. The van der Waals surface area contributed by atoms with Crippen molar-refractivity contribution in [2.75, 3.05) is 12.3 Å². The predicted molar refractivity (Wildman–Crippen MR) is 94.7 cm³/mol. The highest BCUT2D eigenvalue weighted by Crippen LogP contribution is 2.25. The van der Waals surface area contributed by atoms with Gasteiger partial charge in [0.15, 0.2) is 0 Å². The van der Waals surface area contributed by atoms with Crippen LogP contribution in [-0.2, 0) is 4.57 Å². The maximum absolute atomic E-state index is 11.9. The van der Waals surface area contributed by atoms with E-state index < -0.39 is 7.80 Å². The van der Waals surface area contributed by atoms with E-state index in [9.17, 15) is 4.57 Å². The second-order valence-corrected chi connectivity index (χ2v) is 8.36. The second-order valence-electron chi connectivity index (χ2n) is 6.28. The van der Waals surface area contributed by atoms with Crippen molar-refractivity contribution in [2.45, 2.75) is 104 Å². The first-order chi connectivity index (χ1) is 9.81. The molecule has 0 heterocycles. The molecule has 0 aliphatic carbocycles. The Morgan fingerprint density at radius 3 is 1.15 bits per heavy atom. The summed E-state index contributed by atoms with van der Waals surface area (Å²) in [5, 5.41) is 0. The van der Waals surface area contributed by atoms with Gasteiger partial charge in [-0.15, -0.1) is 0 Å². The van der Waals surface area contributed by atoms with Crippen LogP contribution in [0.15, 0.2) is 0 Å². The second kappa shape index (κ2) is 17.3. The van der Waals surface area contributed by atoms with E-state index in [2.05, 4.69) is 13.8 Å². The highest BCUT2D eigenvalue weighted by Gasteiger charge is 2.00. The number of rotatable bonds is 16. The van der Waals surface area contributed by atoms with Gasteiger partial charge in [-0.25, -0.2) is 0 Å². The summed E-state index contributed by atoms with van der Waals surface area (Å²) in [5.74, 6) is 0. The normalized spacial score (nSPS) is 12.7. The van der Waals surface area contributed by atoms with Gasteiger partial charge in [0.1, 0.15) is 0 Å². The molecule has 0 aliphatic rings. The van der Waals surface area contributed by atoms with E-state index in [-0.39, 0.29) is 0 Å². The minimum atomic E-state index is -1.23. The van der Waals surface area contributed by atoms with Crippen LogP contribution in [0.4, 0.5) is 0 Å². The molecular weight excluding hydrogens is 263 g/mol. The molecule has 1 nitrogen and oxygen atoms in total. The van der Waals surface area contributed by atoms with Gasteiger partial charge in [-0.2, -0.15) is 0 Å². The maximum Gasteiger partial charge on any atom is 0.0762 e. The van der Waals surface area contributed by atoms with Crippen LogP contribution in [0.25, 0.3) is 0 Å². The predicted octanol–water partition coefficient (Wildman–Crippen LogP) is 7.05. The minimum Gasteiger partial charge on any atom is -0.327 e. The van der Waals surface area contributed by atoms with Crippen molar-refractivity contribution in [3.8, 4) is 0 Å². The topological polar surface area (TPSA) is 17.1 Å². The molecule has 20 heavy (non-hydrogen) atoms. The van der Waals surface area contributed by atoms with Crippen LogP contribution < -0.4 is 0 Å². The molecule has 0 saturated carbocycles. The van der Waals surface area contributed by atoms with Gasteiger partial charge >= 0.3 is 0 Å². The Bertz CT molecular complexity index is 204. The zero-order valence-corrected chi connectivity index (χ0v) is 15.2. The molecule has 2 heteroatoms. The van der Waals surface area contributed by atoms with Crippen LogP contribution in [0, 0.1) is 0 Å². The molecule has 122 valence electrons. The van der Waals surface area contributed by atoms with Gasteiger partial charge in [-0.1, -0.05) is 90.9 Å². The van der Waals surface area contributed by atoms with Crippen molar-refractivity contribution in [1.29, 1.82) is 0 Å². The van der Waals surface area contributed by atoms with Crippen molar-refractivity contribution < 1.29 is 4.57 Å². The third-order valence-electron chi connectivity index (χ3n) is 4.12. The van der Waals surface area contributed by atoms with E-state index in [1.165, 1.54) is 89.9 Å². The van der Waals surface area contributed by atoms with Crippen LogP contribution in [-0.4, -0.2) is 12.3 Å². The molecular formula is C18H39OP. The van der Waals surface area contributed by atoms with E-state index in [0.29, 0.717) is 0 Å². The van der Waals surface area contributed by atoms with Crippen molar-refractivity contribution in [2.24, 2.45) is 0 Å². The van der Waals surface area contributed by atoms with Crippen molar-refractivity contribution >= 4 is 7.80 Å². The summed E-state index contributed by atoms with van der Waals surface area (Å²) in [4.78, 5) is 0. The molecule has 0 fully saturated rings. The molecule has 1 unspecified atom stereocenters. The fourth-order valence-electron chi connectivity index (χ4n) is 2.68. The Labute approximate surface area is 129 Å². The minimum absolute atomic E-state index is 1.02. The lowest BCUT2D eigenvalue weighted by atomic mass is 10.1. The Kier molecular flexibility index (Phi) is 17.5. The Balaban J connectivity index is 3.12. The molecule has 0 saturated heterocycles. The van der Waals surface area contributed by atoms with E-state index in [4.69, 9.17) is 0 Å². The number of hydrogen-bond acceptors (Lipinski definition) is 1. The van der Waals surface area contributed by atoms with E-state index >= 15 is 0 Å². The van der Waals surface area contributed by atoms with Gasteiger partial charge in [0.05, 0.1) is 7.80 Å². The lowest BCUT2D eigenvalue weighted by Gasteiger charge is -2.03. The summed E-state index contributed by atoms with van der Waals surface area (Å²) in [6.45, 7) is 4.52. The van der Waals surface area contributed by atoms with Crippen molar-refractivity contribution in [3.63, 3.8) is 0 Å². The maximum atomic E-state index is 11.9. The summed E-state index contributed by atoms with van der Waals surface area (Å²) < 4.78 is 11.9. The van der Waals surface area contributed by atoms with Crippen molar-refractivity contribution in [3.05, 3.63) is 0 Å². The van der Waals surface area contributed by atoms with Gasteiger partial charge in [0.2, 0.25) is 0 Å². The first kappa shape index (κ1) is 20.2. The van der Waals surface area contributed by atoms with Crippen LogP contribution in [0.3, 0.4) is 0 Å². The summed E-state index contributed by atoms with van der Waals surface area (Å²) in [7, 11) is -1.23. The molecule has 0 bridgehead atoms. The quantitative estimate of drug-likeness (QED) is 0.220. The van der Waals surface area contributed by atoms with Crippen molar-refractivity contribution in [1.82, 2.24) is 0 Å². The smallest absolute Gasteiger partial charge is 0.0762 e. The lowest BCUT2D eigenvalue weighted by molar-refractivity contribution is 0.569. The van der Waals surface area contributed by atoms with Gasteiger partial charge in [-0.05, 0) is 25.2 Å². The van der Waals surface area contributed by atoms with Crippen LogP contribution >= 0.6 is 7.80 Å². The first-order valence-corrected chi connectivity index (χ1v) is 11.1. The van der Waals surface area contributed by atoms with Gasteiger partial charge in [0, 0.05) is 0 Å². The largest absolute Gasteiger partial charge is 0.327 e. The number of unbranched alkanes of at least 4 members (excludes halogenated alkanes) is 12. The van der Waals surface area contributed by atoms with E-state index in [1.807, 2.05) is 0 Å². The molecule has 0 rings (SSSR count). The van der Waals surface area contributed by atoms with Gasteiger partial charge in [0.25, 0.3) is 0 Å². The molecule has 0 amide bonds. The highest BCUT2D eigenvalue weighted by atomic mass is 31.1. The monoisotopic (exact) mass is 302 g/mol. The molecule has 0 radical (unpaired) electrons. The van der Waals surface area contributed by atoms with Crippen LogP contribution in [0.2, 0.25) is 0 Å². The van der Waals surface area contributed by atoms with Gasteiger partial charge < -0.3 is 4.57 Å². The summed E-state index contributed by atoms with van der Waals surface area (Å²) in [6, 6.07) is 0. The third-order valence-corrected chi connectivity index (χ3v) is 5.94. The first-order valence-electron chi connectivity index (χ1n) is 9.33. The SMILES string of the molecule is CCCCCCCCCC[PH](=O)CCCCCCCC. The summed E-state index contributed by atoms with van der Waals surface area (Å²) >= 11 is 0. The summed E-state index contributed by atoms with van der Waals surface area (Å²) in [6.07, 6.45) is 20.7. The third kappa shape index (κ3) is 16.3. The molecule has 0 aromatic rings. The van der Waals surface area contributed by atoms with Crippen LogP contribution in [0.5, 0.6) is 0 Å². The van der Waals surface area contributed by atoms with E-state index in [0.717, 1.165) is 12.3 Å². The molecule has 0 aliphatic heterocycles. The highest BCUT2D eigenvalue weighted by molar-refractivity contribution is 7.44. The average molecular weight is 302 g/mol. The standard InChI is InChI=1S/C18H39OP/c1-3-5-7-9-11-12-14-16-18-20(19)17-15-13-10-8-6-4-2/h20H,3-18H2,1-2H3. The fourth-order valence-corrected chi connectivity index (χ4v) is 4.22. The Morgan fingerprint density at radius 1 is 0.500 bits per heavy atom. The lowest BCUT2D eigenvalue weighted by Crippen LogP contribution is -1.87. The van der Waals surface area contributed by atoms with Gasteiger partial charge in [-0.3, -0.25) is 0 Å². The average Bonchev–Trinajstić information content (AvgIpc) is 2.45. The molecule has 0 spiro atoms. The molecule has 1 atom stereocenters. The Morgan fingerprint density at radius 2 is 0.800 bits per heavy atom. The number of hydrogen-bond donors (Lipinski definition) is 0. The molecule has 0 N–H and O–H groups in total. The molecule has 0 aromatic carbocycles. The van der Waals surface area contributed by atoms with Crippen LogP contribution in [0.1, 0.15) is 104 Å². The zero-order valence-electron chi connectivity index (χ0n) is 14.2. The zero-order chi connectivity index (χ0) is 14.9. The Hall–Kier alpha value is 0.230. The van der Waals surface area contributed by atoms with E-state index in [1.54, 1.807) is 0 Å².